The molecule has 2 aliphatic rings. The maximum atomic E-state index is 13.7. The molecule has 0 aliphatic carbocycles. The quantitative estimate of drug-likeness (QED) is 0.543. The molecule has 3 N–H and O–H groups in total. The molecule has 3 heterocycles. The Morgan fingerprint density at radius 2 is 1.84 bits per heavy atom. The van der Waals surface area contributed by atoms with Crippen molar-refractivity contribution in [3.63, 3.8) is 0 Å². The Morgan fingerprint density at radius 1 is 1.09 bits per heavy atom. The molecule has 1 aromatic heterocycles. The van der Waals surface area contributed by atoms with Crippen LogP contribution in [0.25, 0.3) is 10.9 Å². The van der Waals surface area contributed by atoms with E-state index >= 15 is 0 Å². The van der Waals surface area contributed by atoms with E-state index in [4.69, 9.17) is 5.73 Å². The zero-order valence-corrected chi connectivity index (χ0v) is 20.0. The van der Waals surface area contributed by atoms with Crippen LogP contribution in [0.5, 0.6) is 0 Å². The number of rotatable bonds is 5. The average molecular weight is 517 g/mol. The fourth-order valence-electron chi connectivity index (χ4n) is 5.15. The highest BCUT2D eigenvalue weighted by Crippen LogP contribution is 2.43. The third kappa shape index (κ3) is 3.77. The van der Waals surface area contributed by atoms with E-state index in [2.05, 4.69) is 37.9 Å². The molecule has 0 bridgehead atoms. The SMILES string of the molecule is NC(=O)c1[nH]c2ccc(Br)cc2c1S(=O)(=O)N1CCC2(CCN(Cc3ccccc3)C2)C1. The molecule has 2 aromatic carbocycles. The lowest BCUT2D eigenvalue weighted by Crippen LogP contribution is -2.34. The molecule has 0 saturated carbocycles. The Balaban J connectivity index is 1.41. The lowest BCUT2D eigenvalue weighted by Gasteiger charge is -2.25. The van der Waals surface area contributed by atoms with Crippen LogP contribution in [-0.2, 0) is 16.6 Å². The van der Waals surface area contributed by atoms with E-state index in [9.17, 15) is 13.2 Å². The van der Waals surface area contributed by atoms with Gasteiger partial charge < -0.3 is 10.7 Å². The molecule has 1 amide bonds. The normalized spacial score (nSPS) is 22.3. The summed E-state index contributed by atoms with van der Waals surface area (Å²) in [6.07, 6.45) is 1.78. The number of aromatic amines is 1. The molecule has 1 spiro atoms. The number of primary amides is 1. The van der Waals surface area contributed by atoms with Gasteiger partial charge in [-0.2, -0.15) is 4.31 Å². The number of nitrogens with two attached hydrogens (primary N) is 1. The standard InChI is InChI=1S/C23H25BrN4O3S/c24-17-6-7-19-18(12-17)21(20(26-19)22(25)29)32(30,31)28-11-9-23(15-28)8-10-27(14-23)13-16-4-2-1-3-5-16/h1-7,12,26H,8-11,13-15H2,(H2,25,29). The van der Waals surface area contributed by atoms with Crippen molar-refractivity contribution in [3.8, 4) is 0 Å². The van der Waals surface area contributed by atoms with E-state index in [-0.39, 0.29) is 16.0 Å². The molecule has 7 nitrogen and oxygen atoms in total. The van der Waals surface area contributed by atoms with E-state index in [0.29, 0.717) is 24.0 Å². The number of nitrogens with zero attached hydrogens (tertiary/aromatic N) is 2. The fraction of sp³-hybridized carbons (Fsp3) is 0.348. The lowest BCUT2D eigenvalue weighted by molar-refractivity contribution is 0.0993. The van der Waals surface area contributed by atoms with Gasteiger partial charge >= 0.3 is 0 Å². The van der Waals surface area contributed by atoms with Crippen molar-refractivity contribution in [2.24, 2.45) is 11.1 Å². The molecule has 2 saturated heterocycles. The number of carbonyl (C=O) groups excluding carboxylic acids is 1. The van der Waals surface area contributed by atoms with Gasteiger partial charge in [-0.1, -0.05) is 46.3 Å². The first-order valence-corrected chi connectivity index (χ1v) is 12.9. The average Bonchev–Trinajstić information content (AvgIpc) is 3.46. The number of aromatic nitrogens is 1. The van der Waals surface area contributed by atoms with Gasteiger partial charge in [0.25, 0.3) is 5.91 Å². The number of H-pyrrole nitrogens is 1. The topological polar surface area (TPSA) is 99.5 Å². The highest BCUT2D eigenvalue weighted by Gasteiger charge is 2.47. The summed E-state index contributed by atoms with van der Waals surface area (Å²) in [6.45, 7) is 3.60. The zero-order valence-electron chi connectivity index (χ0n) is 17.6. The Labute approximate surface area is 195 Å². The minimum Gasteiger partial charge on any atom is -0.364 e. The van der Waals surface area contributed by atoms with Crippen LogP contribution in [0, 0.1) is 5.41 Å². The molecule has 5 rings (SSSR count). The van der Waals surface area contributed by atoms with E-state index < -0.39 is 15.9 Å². The van der Waals surface area contributed by atoms with Crippen molar-refractivity contribution >= 4 is 42.8 Å². The van der Waals surface area contributed by atoms with Crippen LogP contribution in [-0.4, -0.2) is 54.7 Å². The van der Waals surface area contributed by atoms with Gasteiger partial charge in [-0.05, 0) is 48.6 Å². The number of halogens is 1. The number of hydrogen-bond donors (Lipinski definition) is 2. The first-order chi connectivity index (χ1) is 15.3. The fourth-order valence-corrected chi connectivity index (χ4v) is 7.40. The second kappa shape index (κ2) is 7.98. The predicted molar refractivity (Wildman–Crippen MR) is 127 cm³/mol. The number of hydrogen-bond acceptors (Lipinski definition) is 4. The predicted octanol–water partition coefficient (Wildman–Crippen LogP) is 3.32. The maximum Gasteiger partial charge on any atom is 0.266 e. The van der Waals surface area contributed by atoms with E-state index in [1.54, 1.807) is 18.2 Å². The van der Waals surface area contributed by atoms with E-state index in [0.717, 1.165) is 36.9 Å². The summed E-state index contributed by atoms with van der Waals surface area (Å²) < 4.78 is 29.7. The summed E-state index contributed by atoms with van der Waals surface area (Å²) in [6, 6.07) is 15.6. The van der Waals surface area contributed by atoms with Gasteiger partial charge in [0.05, 0.1) is 0 Å². The number of benzene rings is 2. The molecule has 32 heavy (non-hydrogen) atoms. The van der Waals surface area contributed by atoms with E-state index in [1.165, 1.54) is 9.87 Å². The molecular weight excluding hydrogens is 492 g/mol. The molecule has 1 atom stereocenters. The van der Waals surface area contributed by atoms with Gasteiger partial charge in [-0.25, -0.2) is 8.42 Å². The highest BCUT2D eigenvalue weighted by molar-refractivity contribution is 9.10. The van der Waals surface area contributed by atoms with Crippen molar-refractivity contribution in [3.05, 3.63) is 64.3 Å². The number of amides is 1. The Morgan fingerprint density at radius 3 is 2.59 bits per heavy atom. The first-order valence-electron chi connectivity index (χ1n) is 10.6. The number of likely N-dealkylation sites (tertiary alicyclic amines) is 1. The summed E-state index contributed by atoms with van der Waals surface area (Å²) in [4.78, 5) is 17.4. The monoisotopic (exact) mass is 516 g/mol. The number of fused-ring (bicyclic) bond motifs is 1. The number of nitrogens with one attached hydrogen (secondary N) is 1. The van der Waals surface area contributed by atoms with Crippen LogP contribution in [0.15, 0.2) is 57.9 Å². The summed E-state index contributed by atoms with van der Waals surface area (Å²) in [5.41, 5.74) is 7.27. The second-order valence-electron chi connectivity index (χ2n) is 8.92. The van der Waals surface area contributed by atoms with Crippen molar-refractivity contribution in [2.75, 3.05) is 26.2 Å². The molecule has 9 heteroatoms. The second-order valence-corrected chi connectivity index (χ2v) is 11.7. The van der Waals surface area contributed by atoms with Crippen molar-refractivity contribution < 1.29 is 13.2 Å². The van der Waals surface area contributed by atoms with Crippen molar-refractivity contribution in [1.82, 2.24) is 14.2 Å². The smallest absolute Gasteiger partial charge is 0.266 e. The van der Waals surface area contributed by atoms with Gasteiger partial charge in [0.2, 0.25) is 10.0 Å². The largest absolute Gasteiger partial charge is 0.364 e. The summed E-state index contributed by atoms with van der Waals surface area (Å²) in [5.74, 6) is -0.778. The third-order valence-electron chi connectivity index (χ3n) is 6.73. The molecule has 1 unspecified atom stereocenters. The van der Waals surface area contributed by atoms with Crippen LogP contribution in [0.1, 0.15) is 28.9 Å². The van der Waals surface area contributed by atoms with Crippen molar-refractivity contribution in [2.45, 2.75) is 24.3 Å². The lowest BCUT2D eigenvalue weighted by atomic mass is 9.86. The minimum absolute atomic E-state index is 0.0162. The Bertz CT molecular complexity index is 1290. The van der Waals surface area contributed by atoms with Gasteiger partial charge in [0.1, 0.15) is 10.6 Å². The highest BCUT2D eigenvalue weighted by atomic mass is 79.9. The number of carbonyl (C=O) groups is 1. The third-order valence-corrected chi connectivity index (χ3v) is 9.15. The van der Waals surface area contributed by atoms with Gasteiger partial charge in [-0.15, -0.1) is 0 Å². The van der Waals surface area contributed by atoms with Crippen molar-refractivity contribution in [1.29, 1.82) is 0 Å². The summed E-state index contributed by atoms with van der Waals surface area (Å²) in [7, 11) is -3.89. The number of sulfonamides is 1. The van der Waals surface area contributed by atoms with Crippen LogP contribution < -0.4 is 5.73 Å². The molecule has 3 aromatic rings. The van der Waals surface area contributed by atoms with Gasteiger partial charge in [0, 0.05) is 41.6 Å². The van der Waals surface area contributed by atoms with Gasteiger partial charge in [0.15, 0.2) is 0 Å². The van der Waals surface area contributed by atoms with Crippen LogP contribution in [0.3, 0.4) is 0 Å². The molecule has 0 radical (unpaired) electrons. The Kier molecular flexibility index (Phi) is 5.40. The van der Waals surface area contributed by atoms with Crippen LogP contribution in [0.4, 0.5) is 0 Å². The first kappa shape index (κ1) is 21.6. The van der Waals surface area contributed by atoms with Crippen LogP contribution >= 0.6 is 15.9 Å². The van der Waals surface area contributed by atoms with Gasteiger partial charge in [-0.3, -0.25) is 9.69 Å². The zero-order chi connectivity index (χ0) is 22.5. The molecular formula is C23H25BrN4O3S. The maximum absolute atomic E-state index is 13.7. The summed E-state index contributed by atoms with van der Waals surface area (Å²) >= 11 is 3.40. The summed E-state index contributed by atoms with van der Waals surface area (Å²) in [5, 5.41) is 0.478. The Hall–Kier alpha value is -2.20. The van der Waals surface area contributed by atoms with Crippen LogP contribution in [0.2, 0.25) is 0 Å². The van der Waals surface area contributed by atoms with E-state index in [1.807, 2.05) is 18.2 Å². The molecule has 2 aliphatic heterocycles. The molecule has 168 valence electrons. The molecule has 2 fully saturated rings. The minimum atomic E-state index is -3.89.